The van der Waals surface area contributed by atoms with Gasteiger partial charge in [0.05, 0.1) is 11.4 Å². The van der Waals surface area contributed by atoms with Crippen molar-refractivity contribution in [2.45, 2.75) is 13.8 Å². The molecular formula is C16H18ClN3. The van der Waals surface area contributed by atoms with E-state index in [-0.39, 0.29) is 0 Å². The summed E-state index contributed by atoms with van der Waals surface area (Å²) in [4.78, 5) is 0. The molecule has 3 nitrogen and oxygen atoms in total. The molecule has 104 valence electrons. The topological polar surface area (TPSA) is 41.6 Å². The highest BCUT2D eigenvalue weighted by atomic mass is 35.5. The molecule has 0 amide bonds. The number of nitrogens with zero attached hydrogens (tertiary/aromatic N) is 2. The summed E-state index contributed by atoms with van der Waals surface area (Å²) in [6.45, 7) is 3.98. The summed E-state index contributed by atoms with van der Waals surface area (Å²) in [6.07, 6.45) is 0. The molecule has 0 atom stereocenters. The number of hydrogen-bond acceptors (Lipinski definition) is 3. The van der Waals surface area contributed by atoms with Crippen LogP contribution in [0.4, 0.5) is 11.4 Å². The van der Waals surface area contributed by atoms with Gasteiger partial charge in [-0.05, 0) is 44.2 Å². The van der Waals surface area contributed by atoms with Crippen LogP contribution in [-0.2, 0) is 0 Å². The molecule has 2 aromatic rings. The second kappa shape index (κ2) is 5.97. The van der Waals surface area contributed by atoms with Gasteiger partial charge in [0.2, 0.25) is 0 Å². The lowest BCUT2D eigenvalue weighted by Crippen LogP contribution is -2.13. The van der Waals surface area contributed by atoms with Crippen LogP contribution in [0.1, 0.15) is 18.1 Å². The van der Waals surface area contributed by atoms with E-state index in [2.05, 4.69) is 24.2 Å². The minimum absolute atomic E-state index is 0.654. The summed E-state index contributed by atoms with van der Waals surface area (Å²) in [5, 5.41) is 7.04. The lowest BCUT2D eigenvalue weighted by atomic mass is 10.1. The van der Waals surface area contributed by atoms with Crippen LogP contribution in [0, 0.1) is 6.92 Å². The Balaban J connectivity index is 2.29. The number of nitrogen functional groups attached to an aromatic ring is 1. The van der Waals surface area contributed by atoms with Crippen molar-refractivity contribution in [2.75, 3.05) is 17.8 Å². The second-order valence-corrected chi connectivity index (χ2v) is 5.21. The molecule has 0 radical (unpaired) electrons. The largest absolute Gasteiger partial charge is 0.398 e. The molecule has 0 aliphatic heterocycles. The Labute approximate surface area is 124 Å². The van der Waals surface area contributed by atoms with Crippen molar-refractivity contribution in [2.24, 2.45) is 5.10 Å². The Bertz CT molecular complexity index is 633. The fourth-order valence-electron chi connectivity index (χ4n) is 1.94. The quantitative estimate of drug-likeness (QED) is 0.525. The summed E-state index contributed by atoms with van der Waals surface area (Å²) < 4.78 is 0. The number of anilines is 2. The van der Waals surface area contributed by atoms with Crippen molar-refractivity contribution in [3.05, 3.63) is 58.6 Å². The first-order valence-corrected chi connectivity index (χ1v) is 6.76. The predicted molar refractivity (Wildman–Crippen MR) is 87.7 cm³/mol. The van der Waals surface area contributed by atoms with E-state index >= 15 is 0 Å². The average molecular weight is 288 g/mol. The van der Waals surface area contributed by atoms with Crippen LogP contribution in [-0.4, -0.2) is 12.8 Å². The first-order valence-electron chi connectivity index (χ1n) is 6.38. The van der Waals surface area contributed by atoms with Crippen LogP contribution in [0.3, 0.4) is 0 Å². The summed E-state index contributed by atoms with van der Waals surface area (Å²) in [5.41, 5.74) is 10.6. The van der Waals surface area contributed by atoms with E-state index in [9.17, 15) is 0 Å². The standard InChI is InChI=1S/C16H18ClN3/c1-11-4-7-14(8-5-11)20(3)19-12(2)15-10-13(17)6-9-16(15)18/h4-10H,18H2,1-3H3/b19-12+. The monoisotopic (exact) mass is 287 g/mol. The number of aryl methyl sites for hydroxylation is 1. The van der Waals surface area contributed by atoms with Crippen LogP contribution >= 0.6 is 11.6 Å². The van der Waals surface area contributed by atoms with Crippen molar-refractivity contribution in [3.8, 4) is 0 Å². The molecule has 0 unspecified atom stereocenters. The smallest absolute Gasteiger partial charge is 0.0672 e. The van der Waals surface area contributed by atoms with E-state index in [4.69, 9.17) is 17.3 Å². The molecule has 0 spiro atoms. The normalized spacial score (nSPS) is 11.5. The van der Waals surface area contributed by atoms with Gasteiger partial charge in [0.25, 0.3) is 0 Å². The Morgan fingerprint density at radius 1 is 1.15 bits per heavy atom. The summed E-state index contributed by atoms with van der Waals surface area (Å²) in [6, 6.07) is 13.6. The Hall–Kier alpha value is -2.00. The summed E-state index contributed by atoms with van der Waals surface area (Å²) >= 11 is 6.01. The number of hydrogen-bond donors (Lipinski definition) is 1. The van der Waals surface area contributed by atoms with E-state index < -0.39 is 0 Å². The van der Waals surface area contributed by atoms with Crippen molar-refractivity contribution >= 4 is 28.7 Å². The fraction of sp³-hybridized carbons (Fsp3) is 0.188. The maximum atomic E-state index is 6.01. The molecule has 0 bridgehead atoms. The van der Waals surface area contributed by atoms with Crippen molar-refractivity contribution in [1.29, 1.82) is 0 Å². The Kier molecular flexibility index (Phi) is 4.30. The molecule has 2 rings (SSSR count). The van der Waals surface area contributed by atoms with Gasteiger partial charge in [0.15, 0.2) is 0 Å². The molecule has 2 N–H and O–H groups in total. The lowest BCUT2D eigenvalue weighted by molar-refractivity contribution is 1.01. The van der Waals surface area contributed by atoms with Gasteiger partial charge in [-0.3, -0.25) is 5.01 Å². The number of halogens is 1. The van der Waals surface area contributed by atoms with Gasteiger partial charge in [-0.25, -0.2) is 0 Å². The van der Waals surface area contributed by atoms with E-state index in [0.717, 1.165) is 17.0 Å². The predicted octanol–water partition coefficient (Wildman–Crippen LogP) is 4.09. The zero-order valence-corrected chi connectivity index (χ0v) is 12.6. The van der Waals surface area contributed by atoms with Gasteiger partial charge in [0.1, 0.15) is 0 Å². The average Bonchev–Trinajstić information content (AvgIpc) is 2.42. The molecule has 0 saturated carbocycles. The van der Waals surface area contributed by atoms with Crippen LogP contribution in [0.15, 0.2) is 47.6 Å². The van der Waals surface area contributed by atoms with Crippen molar-refractivity contribution in [1.82, 2.24) is 0 Å². The highest BCUT2D eigenvalue weighted by Crippen LogP contribution is 2.20. The van der Waals surface area contributed by atoms with Crippen molar-refractivity contribution in [3.63, 3.8) is 0 Å². The number of rotatable bonds is 3. The Morgan fingerprint density at radius 2 is 1.80 bits per heavy atom. The molecule has 0 fully saturated rings. The van der Waals surface area contributed by atoms with E-state index in [1.54, 1.807) is 12.1 Å². The van der Waals surface area contributed by atoms with Crippen LogP contribution in [0.2, 0.25) is 5.02 Å². The fourth-order valence-corrected chi connectivity index (χ4v) is 2.11. The van der Waals surface area contributed by atoms with Gasteiger partial charge < -0.3 is 5.73 Å². The molecule has 0 aromatic heterocycles. The summed E-state index contributed by atoms with van der Waals surface area (Å²) in [5.74, 6) is 0. The molecule has 20 heavy (non-hydrogen) atoms. The third kappa shape index (κ3) is 3.31. The van der Waals surface area contributed by atoms with Crippen LogP contribution in [0.5, 0.6) is 0 Å². The number of hydrazone groups is 1. The minimum atomic E-state index is 0.654. The zero-order chi connectivity index (χ0) is 14.7. The maximum Gasteiger partial charge on any atom is 0.0672 e. The van der Waals surface area contributed by atoms with Gasteiger partial charge in [0, 0.05) is 23.3 Å². The SMILES string of the molecule is C/C(=N\N(C)c1ccc(C)cc1)c1cc(Cl)ccc1N. The van der Waals surface area contributed by atoms with Gasteiger partial charge in [-0.15, -0.1) is 0 Å². The molecular weight excluding hydrogens is 270 g/mol. The lowest BCUT2D eigenvalue weighted by Gasteiger charge is -2.15. The number of nitrogens with two attached hydrogens (primary N) is 1. The molecule has 0 saturated heterocycles. The van der Waals surface area contributed by atoms with Gasteiger partial charge in [-0.2, -0.15) is 5.10 Å². The van der Waals surface area contributed by atoms with Crippen LogP contribution < -0.4 is 10.7 Å². The second-order valence-electron chi connectivity index (χ2n) is 4.78. The molecule has 2 aromatic carbocycles. The van der Waals surface area contributed by atoms with E-state index in [1.807, 2.05) is 37.2 Å². The third-order valence-corrected chi connectivity index (χ3v) is 3.35. The first-order chi connectivity index (χ1) is 9.47. The van der Waals surface area contributed by atoms with Gasteiger partial charge in [-0.1, -0.05) is 29.3 Å². The highest BCUT2D eigenvalue weighted by Gasteiger charge is 2.06. The highest BCUT2D eigenvalue weighted by molar-refractivity contribution is 6.31. The molecule has 0 aliphatic carbocycles. The molecule has 4 heteroatoms. The minimum Gasteiger partial charge on any atom is -0.398 e. The number of benzene rings is 2. The molecule has 0 heterocycles. The maximum absolute atomic E-state index is 6.01. The van der Waals surface area contributed by atoms with Crippen LogP contribution in [0.25, 0.3) is 0 Å². The summed E-state index contributed by atoms with van der Waals surface area (Å²) in [7, 11) is 1.91. The van der Waals surface area contributed by atoms with Gasteiger partial charge >= 0.3 is 0 Å². The third-order valence-electron chi connectivity index (χ3n) is 3.11. The molecule has 0 aliphatic rings. The first kappa shape index (κ1) is 14.4. The van der Waals surface area contributed by atoms with Crippen molar-refractivity contribution < 1.29 is 0 Å². The Morgan fingerprint density at radius 3 is 2.45 bits per heavy atom. The zero-order valence-electron chi connectivity index (χ0n) is 11.9. The van der Waals surface area contributed by atoms with E-state index in [1.165, 1.54) is 5.56 Å². The van der Waals surface area contributed by atoms with E-state index in [0.29, 0.717) is 10.7 Å².